The van der Waals surface area contributed by atoms with E-state index in [1.165, 1.54) is 5.56 Å². The van der Waals surface area contributed by atoms with Gasteiger partial charge in [-0.05, 0) is 47.1 Å². The molecule has 3 heteroatoms. The van der Waals surface area contributed by atoms with E-state index in [4.69, 9.17) is 0 Å². The fourth-order valence-corrected chi connectivity index (χ4v) is 2.61. The molecule has 0 aliphatic rings. The van der Waals surface area contributed by atoms with Crippen LogP contribution in [0, 0.1) is 0 Å². The molecule has 0 heterocycles. The molecule has 23 heavy (non-hydrogen) atoms. The van der Waals surface area contributed by atoms with Gasteiger partial charge < -0.3 is 5.32 Å². The van der Waals surface area contributed by atoms with Gasteiger partial charge in [-0.15, -0.1) is 11.8 Å². The van der Waals surface area contributed by atoms with Crippen molar-refractivity contribution in [3.8, 4) is 0 Å². The molecular formula is C20H23NOS. The summed E-state index contributed by atoms with van der Waals surface area (Å²) in [5.74, 6) is -0.122. The standard InChI is InChI=1S/C20H23NOS/c1-20(2,3)16-11-8-15(9-12-16)10-13-19(22)21-17-6-5-7-18(14-17)23-4/h5-14H,1-4H3,(H,21,22)/b13-10+. The van der Waals surface area contributed by atoms with E-state index in [9.17, 15) is 4.79 Å². The summed E-state index contributed by atoms with van der Waals surface area (Å²) in [7, 11) is 0. The van der Waals surface area contributed by atoms with Crippen LogP contribution >= 0.6 is 11.8 Å². The largest absolute Gasteiger partial charge is 0.322 e. The quantitative estimate of drug-likeness (QED) is 0.606. The van der Waals surface area contributed by atoms with Gasteiger partial charge in [-0.3, -0.25) is 4.79 Å². The van der Waals surface area contributed by atoms with Crippen LogP contribution in [-0.4, -0.2) is 12.2 Å². The normalized spacial score (nSPS) is 11.7. The van der Waals surface area contributed by atoms with Crippen LogP contribution in [0.1, 0.15) is 31.9 Å². The lowest BCUT2D eigenvalue weighted by atomic mass is 9.87. The number of hydrogen-bond donors (Lipinski definition) is 1. The Morgan fingerprint density at radius 2 is 1.78 bits per heavy atom. The van der Waals surface area contributed by atoms with Gasteiger partial charge in [-0.2, -0.15) is 0 Å². The third-order valence-electron chi connectivity index (χ3n) is 3.54. The first-order valence-corrected chi connectivity index (χ1v) is 8.84. The first-order chi connectivity index (χ1) is 10.9. The van der Waals surface area contributed by atoms with Crippen molar-refractivity contribution in [1.29, 1.82) is 0 Å². The Balaban J connectivity index is 2.00. The highest BCUT2D eigenvalue weighted by molar-refractivity contribution is 7.98. The summed E-state index contributed by atoms with van der Waals surface area (Å²) >= 11 is 1.65. The molecule has 2 aromatic rings. The molecule has 0 fully saturated rings. The molecular weight excluding hydrogens is 302 g/mol. The van der Waals surface area contributed by atoms with Gasteiger partial charge >= 0.3 is 0 Å². The zero-order chi connectivity index (χ0) is 16.9. The van der Waals surface area contributed by atoms with Gasteiger partial charge in [0.1, 0.15) is 0 Å². The van der Waals surface area contributed by atoms with Gasteiger partial charge in [0.05, 0.1) is 0 Å². The fourth-order valence-electron chi connectivity index (χ4n) is 2.15. The summed E-state index contributed by atoms with van der Waals surface area (Å²) in [6.45, 7) is 6.57. The minimum absolute atomic E-state index is 0.122. The summed E-state index contributed by atoms with van der Waals surface area (Å²) in [4.78, 5) is 13.1. The second-order valence-corrected chi connectivity index (χ2v) is 7.31. The van der Waals surface area contributed by atoms with Crippen LogP contribution in [0.3, 0.4) is 0 Å². The van der Waals surface area contributed by atoms with Crippen LogP contribution in [0.15, 0.2) is 59.5 Å². The number of anilines is 1. The molecule has 0 aromatic heterocycles. The van der Waals surface area contributed by atoms with E-state index in [1.54, 1.807) is 17.8 Å². The Morgan fingerprint density at radius 3 is 2.39 bits per heavy atom. The number of hydrogen-bond acceptors (Lipinski definition) is 2. The SMILES string of the molecule is CSc1cccc(NC(=O)/C=C/c2ccc(C(C)(C)C)cc2)c1. The van der Waals surface area contributed by atoms with Crippen molar-refractivity contribution in [3.05, 3.63) is 65.7 Å². The number of carbonyl (C=O) groups is 1. The highest BCUT2D eigenvalue weighted by Gasteiger charge is 2.12. The molecule has 1 amide bonds. The number of carbonyl (C=O) groups excluding carboxylic acids is 1. The van der Waals surface area contributed by atoms with Gasteiger partial charge in [-0.1, -0.05) is 51.1 Å². The summed E-state index contributed by atoms with van der Waals surface area (Å²) in [5, 5.41) is 2.88. The molecule has 0 radical (unpaired) electrons. The smallest absolute Gasteiger partial charge is 0.248 e. The third-order valence-corrected chi connectivity index (χ3v) is 4.27. The van der Waals surface area contributed by atoms with E-state index >= 15 is 0 Å². The lowest BCUT2D eigenvalue weighted by Crippen LogP contribution is -2.10. The van der Waals surface area contributed by atoms with Gasteiger partial charge in [0.15, 0.2) is 0 Å². The minimum Gasteiger partial charge on any atom is -0.322 e. The minimum atomic E-state index is -0.122. The molecule has 0 atom stereocenters. The maximum absolute atomic E-state index is 12.0. The van der Waals surface area contributed by atoms with Gasteiger partial charge in [0.25, 0.3) is 0 Å². The molecule has 0 spiro atoms. The van der Waals surface area contributed by atoms with E-state index in [-0.39, 0.29) is 11.3 Å². The molecule has 0 saturated heterocycles. The van der Waals surface area contributed by atoms with Crippen molar-refractivity contribution >= 4 is 29.4 Å². The third kappa shape index (κ3) is 5.29. The predicted octanol–water partition coefficient (Wildman–Crippen LogP) is 5.36. The molecule has 0 bridgehead atoms. The van der Waals surface area contributed by atoms with E-state index in [0.717, 1.165) is 16.1 Å². The molecule has 2 nitrogen and oxygen atoms in total. The number of nitrogens with one attached hydrogen (secondary N) is 1. The number of thioether (sulfide) groups is 1. The Hall–Kier alpha value is -2.00. The van der Waals surface area contributed by atoms with Crippen LogP contribution in [-0.2, 0) is 10.2 Å². The molecule has 1 N–H and O–H groups in total. The molecule has 2 aromatic carbocycles. The monoisotopic (exact) mass is 325 g/mol. The zero-order valence-electron chi connectivity index (χ0n) is 14.1. The van der Waals surface area contributed by atoms with Crippen molar-refractivity contribution in [3.63, 3.8) is 0 Å². The predicted molar refractivity (Wildman–Crippen MR) is 101 cm³/mol. The molecule has 0 aliphatic carbocycles. The lowest BCUT2D eigenvalue weighted by molar-refractivity contribution is -0.111. The Labute approximate surface area is 143 Å². The van der Waals surface area contributed by atoms with Crippen LogP contribution in [0.4, 0.5) is 5.69 Å². The average molecular weight is 325 g/mol. The van der Waals surface area contributed by atoms with Gasteiger partial charge in [0.2, 0.25) is 5.91 Å². The maximum Gasteiger partial charge on any atom is 0.248 e. The highest BCUT2D eigenvalue weighted by atomic mass is 32.2. The van der Waals surface area contributed by atoms with E-state index < -0.39 is 0 Å². The fraction of sp³-hybridized carbons (Fsp3) is 0.250. The maximum atomic E-state index is 12.0. The van der Waals surface area contributed by atoms with Crippen LogP contribution in [0.25, 0.3) is 6.08 Å². The first kappa shape index (κ1) is 17.4. The number of amides is 1. The summed E-state index contributed by atoms with van der Waals surface area (Å²) in [6, 6.07) is 16.1. The number of rotatable bonds is 4. The van der Waals surface area contributed by atoms with Crippen molar-refractivity contribution in [2.45, 2.75) is 31.1 Å². The lowest BCUT2D eigenvalue weighted by Gasteiger charge is -2.18. The molecule has 0 aliphatic heterocycles. The van der Waals surface area contributed by atoms with Crippen molar-refractivity contribution in [1.82, 2.24) is 0 Å². The summed E-state index contributed by atoms with van der Waals surface area (Å²) in [6.07, 6.45) is 5.42. The topological polar surface area (TPSA) is 29.1 Å². The number of benzene rings is 2. The molecule has 0 unspecified atom stereocenters. The summed E-state index contributed by atoms with van der Waals surface area (Å²) < 4.78 is 0. The van der Waals surface area contributed by atoms with E-state index in [2.05, 4.69) is 38.2 Å². The Morgan fingerprint density at radius 1 is 1.09 bits per heavy atom. The van der Waals surface area contributed by atoms with Crippen molar-refractivity contribution < 1.29 is 4.79 Å². The molecule has 120 valence electrons. The second kappa shape index (κ2) is 7.51. The molecule has 0 saturated carbocycles. The highest BCUT2D eigenvalue weighted by Crippen LogP contribution is 2.22. The van der Waals surface area contributed by atoms with E-state index in [0.29, 0.717) is 0 Å². The van der Waals surface area contributed by atoms with Crippen LogP contribution in [0.5, 0.6) is 0 Å². The van der Waals surface area contributed by atoms with E-state index in [1.807, 2.05) is 48.7 Å². The van der Waals surface area contributed by atoms with Gasteiger partial charge in [-0.25, -0.2) is 0 Å². The summed E-state index contributed by atoms with van der Waals surface area (Å²) in [5.41, 5.74) is 3.26. The second-order valence-electron chi connectivity index (χ2n) is 6.43. The molecule has 2 rings (SSSR count). The van der Waals surface area contributed by atoms with Crippen molar-refractivity contribution in [2.75, 3.05) is 11.6 Å². The first-order valence-electron chi connectivity index (χ1n) is 7.62. The Bertz CT molecular complexity index is 696. The van der Waals surface area contributed by atoms with Crippen molar-refractivity contribution in [2.24, 2.45) is 0 Å². The average Bonchev–Trinajstić information content (AvgIpc) is 2.52. The van der Waals surface area contributed by atoms with Crippen LogP contribution < -0.4 is 5.32 Å². The zero-order valence-corrected chi connectivity index (χ0v) is 14.9. The Kier molecular flexibility index (Phi) is 5.67. The van der Waals surface area contributed by atoms with Crippen LogP contribution in [0.2, 0.25) is 0 Å². The van der Waals surface area contributed by atoms with Gasteiger partial charge in [0, 0.05) is 16.7 Å².